The first-order valence-corrected chi connectivity index (χ1v) is 8.26. The maximum Gasteiger partial charge on any atom is 0.166 e. The highest BCUT2D eigenvalue weighted by Gasteiger charge is 2.25. The molecule has 3 aliphatic rings. The first-order chi connectivity index (χ1) is 10.7. The molecule has 122 valence electrons. The van der Waals surface area contributed by atoms with Crippen molar-refractivity contribution in [3.05, 3.63) is 35.1 Å². The lowest BCUT2D eigenvalue weighted by molar-refractivity contribution is 0.146. The van der Waals surface area contributed by atoms with E-state index in [1.807, 2.05) is 13.1 Å². The predicted octanol–water partition coefficient (Wildman–Crippen LogP) is 2.06. The maximum atomic E-state index is 5.81. The van der Waals surface area contributed by atoms with Crippen molar-refractivity contribution in [3.63, 3.8) is 0 Å². The number of rotatable bonds is 3. The lowest BCUT2D eigenvalue weighted by atomic mass is 9.98. The van der Waals surface area contributed by atoms with Gasteiger partial charge in [0.25, 0.3) is 0 Å². The van der Waals surface area contributed by atoms with Crippen LogP contribution in [0.15, 0.2) is 35.1 Å². The Morgan fingerprint density at radius 2 is 2.18 bits per heavy atom. The molecule has 0 aromatic heterocycles. The number of nitrogens with zero attached hydrogens (tertiary/aromatic N) is 1. The summed E-state index contributed by atoms with van der Waals surface area (Å²) >= 11 is 0. The first-order valence-electron chi connectivity index (χ1n) is 8.26. The third kappa shape index (κ3) is 3.24. The van der Waals surface area contributed by atoms with Gasteiger partial charge < -0.3 is 25.0 Å². The van der Waals surface area contributed by atoms with Crippen molar-refractivity contribution in [2.24, 2.45) is 0 Å². The van der Waals surface area contributed by atoms with Gasteiger partial charge in [0.1, 0.15) is 11.5 Å². The van der Waals surface area contributed by atoms with Crippen LogP contribution in [-0.2, 0) is 9.47 Å². The van der Waals surface area contributed by atoms with Crippen LogP contribution in [0.5, 0.6) is 0 Å². The summed E-state index contributed by atoms with van der Waals surface area (Å²) < 4.78 is 11.5. The Morgan fingerprint density at radius 1 is 1.32 bits per heavy atom. The molecule has 2 N–H and O–H groups in total. The lowest BCUT2D eigenvalue weighted by Gasteiger charge is -2.30. The molecule has 0 radical (unpaired) electrons. The van der Waals surface area contributed by atoms with Gasteiger partial charge in [0.15, 0.2) is 6.23 Å². The van der Waals surface area contributed by atoms with Gasteiger partial charge in [-0.25, -0.2) is 0 Å². The summed E-state index contributed by atoms with van der Waals surface area (Å²) in [6.07, 6.45) is 7.40. The van der Waals surface area contributed by atoms with Crippen molar-refractivity contribution in [2.45, 2.75) is 45.4 Å². The standard InChI is InChI=1S/C17H27N3O2/c1-12-11-20(8-4-7-18-12)14-5-6-15(16(9-14)21-3)17-10-19-13(2)22-17/h9-10,12-13,18-19H,4-8,11H2,1-3H3. The maximum absolute atomic E-state index is 5.81. The van der Waals surface area contributed by atoms with Gasteiger partial charge in [-0.05, 0) is 45.7 Å². The lowest BCUT2D eigenvalue weighted by Crippen LogP contribution is -2.35. The van der Waals surface area contributed by atoms with Gasteiger partial charge in [0.05, 0.1) is 7.11 Å². The van der Waals surface area contributed by atoms with Gasteiger partial charge in [-0.3, -0.25) is 0 Å². The zero-order chi connectivity index (χ0) is 15.5. The number of hydrogen-bond donors (Lipinski definition) is 2. The minimum absolute atomic E-state index is 0.0449. The number of ether oxygens (including phenoxy) is 2. The highest BCUT2D eigenvalue weighted by Crippen LogP contribution is 2.33. The molecule has 2 atom stereocenters. The van der Waals surface area contributed by atoms with Gasteiger partial charge in [-0.15, -0.1) is 0 Å². The van der Waals surface area contributed by atoms with Crippen LogP contribution in [0, 0.1) is 0 Å². The highest BCUT2D eigenvalue weighted by atomic mass is 16.5. The molecule has 1 aliphatic carbocycles. The van der Waals surface area contributed by atoms with Crippen LogP contribution < -0.4 is 10.6 Å². The molecule has 2 unspecified atom stereocenters. The van der Waals surface area contributed by atoms with E-state index in [-0.39, 0.29) is 6.23 Å². The number of nitrogens with one attached hydrogen (secondary N) is 2. The van der Waals surface area contributed by atoms with Gasteiger partial charge >= 0.3 is 0 Å². The van der Waals surface area contributed by atoms with Gasteiger partial charge in [-0.1, -0.05) is 0 Å². The molecule has 2 heterocycles. The molecule has 0 aromatic rings. The number of allylic oxidation sites excluding steroid dienone is 3. The molecule has 0 bridgehead atoms. The molecular weight excluding hydrogens is 278 g/mol. The third-order valence-electron chi connectivity index (χ3n) is 4.49. The quantitative estimate of drug-likeness (QED) is 0.836. The average Bonchev–Trinajstić information content (AvgIpc) is 2.83. The Balaban J connectivity index is 1.80. The molecule has 0 spiro atoms. The number of methoxy groups -OCH3 is 1. The number of hydrogen-bond acceptors (Lipinski definition) is 5. The van der Waals surface area contributed by atoms with Crippen LogP contribution >= 0.6 is 0 Å². The largest absolute Gasteiger partial charge is 0.496 e. The van der Waals surface area contributed by atoms with Crippen molar-refractivity contribution in [1.29, 1.82) is 0 Å². The van der Waals surface area contributed by atoms with Crippen molar-refractivity contribution in [2.75, 3.05) is 26.7 Å². The Bertz CT molecular complexity index is 510. The summed E-state index contributed by atoms with van der Waals surface area (Å²) in [5.74, 6) is 1.86. The summed E-state index contributed by atoms with van der Waals surface area (Å²) in [5.41, 5.74) is 2.56. The summed E-state index contributed by atoms with van der Waals surface area (Å²) in [6.45, 7) is 7.55. The van der Waals surface area contributed by atoms with Crippen molar-refractivity contribution in [1.82, 2.24) is 15.5 Å². The smallest absolute Gasteiger partial charge is 0.166 e. The molecule has 22 heavy (non-hydrogen) atoms. The zero-order valence-corrected chi connectivity index (χ0v) is 13.8. The van der Waals surface area contributed by atoms with Crippen molar-refractivity contribution in [3.8, 4) is 0 Å². The van der Waals surface area contributed by atoms with Gasteiger partial charge in [0, 0.05) is 36.6 Å². The van der Waals surface area contributed by atoms with Crippen LogP contribution in [-0.4, -0.2) is 43.9 Å². The fourth-order valence-electron chi connectivity index (χ4n) is 3.34. The van der Waals surface area contributed by atoms with E-state index in [1.54, 1.807) is 7.11 Å². The topological polar surface area (TPSA) is 45.8 Å². The normalized spacial score (nSPS) is 29.3. The van der Waals surface area contributed by atoms with E-state index in [4.69, 9.17) is 9.47 Å². The molecule has 5 nitrogen and oxygen atoms in total. The van der Waals surface area contributed by atoms with E-state index in [0.717, 1.165) is 44.0 Å². The molecule has 5 heteroatoms. The minimum atomic E-state index is 0.0449. The second-order valence-electron chi connectivity index (χ2n) is 6.27. The summed E-state index contributed by atoms with van der Waals surface area (Å²) in [7, 11) is 1.74. The van der Waals surface area contributed by atoms with Crippen LogP contribution in [0.3, 0.4) is 0 Å². The zero-order valence-electron chi connectivity index (χ0n) is 13.8. The van der Waals surface area contributed by atoms with Crippen LogP contribution in [0.2, 0.25) is 0 Å². The molecule has 1 saturated heterocycles. The summed E-state index contributed by atoms with van der Waals surface area (Å²) in [6, 6.07) is 0.533. The Hall–Kier alpha value is -1.62. The summed E-state index contributed by atoms with van der Waals surface area (Å²) in [4.78, 5) is 2.51. The van der Waals surface area contributed by atoms with Gasteiger partial charge in [-0.2, -0.15) is 0 Å². The third-order valence-corrected chi connectivity index (χ3v) is 4.49. The van der Waals surface area contributed by atoms with E-state index in [0.29, 0.717) is 6.04 Å². The SMILES string of the molecule is COC1=C(C2=CNC(C)O2)CCC(N2CCCNC(C)C2)=C1. The minimum Gasteiger partial charge on any atom is -0.496 e. The summed E-state index contributed by atoms with van der Waals surface area (Å²) in [5, 5.41) is 6.73. The highest BCUT2D eigenvalue weighted by molar-refractivity contribution is 5.39. The molecular formula is C17H27N3O2. The van der Waals surface area contributed by atoms with Gasteiger partial charge in [0.2, 0.25) is 0 Å². The second-order valence-corrected chi connectivity index (χ2v) is 6.27. The molecule has 1 fully saturated rings. The van der Waals surface area contributed by atoms with E-state index >= 15 is 0 Å². The van der Waals surface area contributed by atoms with Crippen molar-refractivity contribution < 1.29 is 9.47 Å². The first kappa shape index (κ1) is 15.3. The predicted molar refractivity (Wildman–Crippen MR) is 86.8 cm³/mol. The average molecular weight is 305 g/mol. The van der Waals surface area contributed by atoms with Crippen LogP contribution in [0.1, 0.15) is 33.1 Å². The fraction of sp³-hybridized carbons (Fsp3) is 0.647. The van der Waals surface area contributed by atoms with Crippen molar-refractivity contribution >= 4 is 0 Å². The molecule has 2 aliphatic heterocycles. The van der Waals surface area contributed by atoms with Crippen LogP contribution in [0.4, 0.5) is 0 Å². The molecule has 0 aromatic carbocycles. The van der Waals surface area contributed by atoms with E-state index in [1.165, 1.54) is 17.7 Å². The molecule has 3 rings (SSSR count). The van der Waals surface area contributed by atoms with E-state index in [2.05, 4.69) is 28.5 Å². The Morgan fingerprint density at radius 3 is 2.91 bits per heavy atom. The Labute approximate surface area is 133 Å². The second kappa shape index (κ2) is 6.65. The van der Waals surface area contributed by atoms with E-state index < -0.39 is 0 Å². The molecule has 0 saturated carbocycles. The Kier molecular flexibility index (Phi) is 4.62. The fourth-order valence-corrected chi connectivity index (χ4v) is 3.34. The molecule has 0 amide bonds. The van der Waals surface area contributed by atoms with Crippen LogP contribution in [0.25, 0.3) is 0 Å². The van der Waals surface area contributed by atoms with E-state index in [9.17, 15) is 0 Å². The monoisotopic (exact) mass is 305 g/mol.